The van der Waals surface area contributed by atoms with Crippen LogP contribution in [0.25, 0.3) is 0 Å². The highest BCUT2D eigenvalue weighted by molar-refractivity contribution is 5.77. The van der Waals surface area contributed by atoms with Gasteiger partial charge < -0.3 is 19.9 Å². The predicted molar refractivity (Wildman–Crippen MR) is 61.7 cm³/mol. The van der Waals surface area contributed by atoms with Crippen molar-refractivity contribution < 1.29 is 14.3 Å². The Bertz CT molecular complexity index is 331. The number of ether oxygens (including phenoxy) is 1. The van der Waals surface area contributed by atoms with Crippen LogP contribution in [0.3, 0.4) is 0 Å². The minimum atomic E-state index is -0.465. The van der Waals surface area contributed by atoms with Crippen molar-refractivity contribution in [1.82, 2.24) is 15.1 Å². The van der Waals surface area contributed by atoms with Gasteiger partial charge in [0.2, 0.25) is 0 Å². The third-order valence-electron chi connectivity index (χ3n) is 2.84. The van der Waals surface area contributed by atoms with E-state index < -0.39 is 5.60 Å². The van der Waals surface area contributed by atoms with Gasteiger partial charge in [-0.2, -0.15) is 0 Å². The quantitative estimate of drug-likeness (QED) is 0.732. The molecular weight excluding hydrogens is 222 g/mol. The molecule has 0 bridgehead atoms. The fourth-order valence-electron chi connectivity index (χ4n) is 1.96. The number of hydrogen-bond acceptors (Lipinski definition) is 3. The monoisotopic (exact) mass is 241 g/mol. The number of rotatable bonds is 1. The van der Waals surface area contributed by atoms with Crippen molar-refractivity contribution in [2.75, 3.05) is 26.2 Å². The molecule has 2 rings (SSSR count). The predicted octanol–water partition coefficient (Wildman–Crippen LogP) is 0.631. The van der Waals surface area contributed by atoms with Gasteiger partial charge in [0.05, 0.1) is 6.04 Å². The lowest BCUT2D eigenvalue weighted by Gasteiger charge is -2.43. The topological polar surface area (TPSA) is 61.9 Å². The molecule has 0 saturated carbocycles. The lowest BCUT2D eigenvalue weighted by Crippen LogP contribution is -2.62. The molecule has 0 aromatic heterocycles. The third kappa shape index (κ3) is 2.62. The van der Waals surface area contributed by atoms with Gasteiger partial charge in [-0.15, -0.1) is 0 Å². The first-order valence-corrected chi connectivity index (χ1v) is 5.89. The Labute approximate surface area is 101 Å². The van der Waals surface area contributed by atoms with Gasteiger partial charge in [0.1, 0.15) is 5.60 Å². The minimum absolute atomic E-state index is 0.0289. The first-order valence-electron chi connectivity index (χ1n) is 5.89. The first kappa shape index (κ1) is 12.0. The fourth-order valence-corrected chi connectivity index (χ4v) is 1.96. The molecule has 96 valence electrons. The molecule has 0 spiro atoms. The number of amides is 3. The number of nitrogens with zero attached hydrogens (tertiary/aromatic N) is 2. The Kier molecular flexibility index (Phi) is 2.89. The zero-order chi connectivity index (χ0) is 12.6. The van der Waals surface area contributed by atoms with Crippen LogP contribution in [0.4, 0.5) is 9.59 Å². The van der Waals surface area contributed by atoms with Gasteiger partial charge >= 0.3 is 12.1 Å². The van der Waals surface area contributed by atoms with Crippen LogP contribution in [-0.4, -0.2) is 59.7 Å². The summed E-state index contributed by atoms with van der Waals surface area (Å²) in [5.74, 6) is 0. The molecule has 2 saturated heterocycles. The normalized spacial score (nSPS) is 21.2. The van der Waals surface area contributed by atoms with Crippen molar-refractivity contribution >= 4 is 12.1 Å². The molecule has 2 aliphatic rings. The third-order valence-corrected chi connectivity index (χ3v) is 2.84. The lowest BCUT2D eigenvalue weighted by atomic mass is 10.1. The van der Waals surface area contributed by atoms with E-state index in [1.807, 2.05) is 20.8 Å². The van der Waals surface area contributed by atoms with Crippen LogP contribution in [0.2, 0.25) is 0 Å². The van der Waals surface area contributed by atoms with Gasteiger partial charge in [-0.3, -0.25) is 0 Å². The molecule has 6 nitrogen and oxygen atoms in total. The molecule has 0 unspecified atom stereocenters. The summed E-state index contributed by atoms with van der Waals surface area (Å²) in [4.78, 5) is 26.5. The van der Waals surface area contributed by atoms with Gasteiger partial charge in [-0.1, -0.05) is 0 Å². The van der Waals surface area contributed by atoms with Crippen molar-refractivity contribution in [2.24, 2.45) is 0 Å². The number of urea groups is 1. The molecule has 0 aromatic rings. The molecule has 0 radical (unpaired) electrons. The van der Waals surface area contributed by atoms with E-state index in [9.17, 15) is 9.59 Å². The molecule has 1 N–H and O–H groups in total. The van der Waals surface area contributed by atoms with Crippen molar-refractivity contribution in [3.8, 4) is 0 Å². The van der Waals surface area contributed by atoms with Crippen molar-refractivity contribution in [1.29, 1.82) is 0 Å². The fraction of sp³-hybridized carbons (Fsp3) is 0.818. The summed E-state index contributed by atoms with van der Waals surface area (Å²) < 4.78 is 5.25. The van der Waals surface area contributed by atoms with Crippen LogP contribution in [0.15, 0.2) is 0 Å². The Balaban J connectivity index is 1.79. The molecule has 0 atom stereocenters. The van der Waals surface area contributed by atoms with Crippen molar-refractivity contribution in [2.45, 2.75) is 32.4 Å². The molecule has 0 aromatic carbocycles. The maximum atomic E-state index is 11.7. The highest BCUT2D eigenvalue weighted by Crippen LogP contribution is 2.19. The van der Waals surface area contributed by atoms with Gasteiger partial charge in [0.15, 0.2) is 0 Å². The van der Waals surface area contributed by atoms with Gasteiger partial charge in [0.25, 0.3) is 0 Å². The van der Waals surface area contributed by atoms with E-state index in [1.54, 1.807) is 9.80 Å². The summed E-state index contributed by atoms with van der Waals surface area (Å²) in [6.07, 6.45) is -0.298. The molecule has 2 aliphatic heterocycles. The second-order valence-electron chi connectivity index (χ2n) is 5.46. The van der Waals surface area contributed by atoms with Crippen LogP contribution in [0.5, 0.6) is 0 Å². The van der Waals surface area contributed by atoms with E-state index in [2.05, 4.69) is 5.32 Å². The summed E-state index contributed by atoms with van der Waals surface area (Å²) in [5.41, 5.74) is -0.465. The van der Waals surface area contributed by atoms with E-state index in [0.29, 0.717) is 19.6 Å². The Morgan fingerprint density at radius 2 is 2.06 bits per heavy atom. The minimum Gasteiger partial charge on any atom is -0.444 e. The second kappa shape index (κ2) is 4.09. The molecule has 2 fully saturated rings. The van der Waals surface area contributed by atoms with Crippen LogP contribution in [0.1, 0.15) is 20.8 Å². The number of hydrogen-bond donors (Lipinski definition) is 1. The smallest absolute Gasteiger partial charge is 0.410 e. The van der Waals surface area contributed by atoms with Crippen molar-refractivity contribution in [3.05, 3.63) is 0 Å². The SMILES string of the molecule is CC(C)(C)OC(=O)N1CC(N2CCNC2=O)C1. The van der Waals surface area contributed by atoms with Gasteiger partial charge in [-0.05, 0) is 20.8 Å². The van der Waals surface area contributed by atoms with E-state index in [0.717, 1.165) is 6.54 Å². The van der Waals surface area contributed by atoms with Gasteiger partial charge in [0, 0.05) is 26.2 Å². The second-order valence-corrected chi connectivity index (χ2v) is 5.46. The summed E-state index contributed by atoms with van der Waals surface area (Å²) in [7, 11) is 0. The Hall–Kier alpha value is -1.46. The summed E-state index contributed by atoms with van der Waals surface area (Å²) in [5, 5.41) is 2.75. The number of nitrogens with one attached hydrogen (secondary N) is 1. The van der Waals surface area contributed by atoms with Crippen LogP contribution in [-0.2, 0) is 4.74 Å². The first-order chi connectivity index (χ1) is 7.87. The van der Waals surface area contributed by atoms with E-state index in [4.69, 9.17) is 4.74 Å². The number of likely N-dealkylation sites (tertiary alicyclic amines) is 1. The zero-order valence-corrected chi connectivity index (χ0v) is 10.5. The van der Waals surface area contributed by atoms with E-state index in [1.165, 1.54) is 0 Å². The molecule has 2 heterocycles. The maximum Gasteiger partial charge on any atom is 0.410 e. The summed E-state index contributed by atoms with van der Waals surface area (Å²) >= 11 is 0. The Morgan fingerprint density at radius 3 is 2.53 bits per heavy atom. The maximum absolute atomic E-state index is 11.7. The summed E-state index contributed by atoms with van der Waals surface area (Å²) in [6, 6.07) is 0.115. The Morgan fingerprint density at radius 1 is 1.41 bits per heavy atom. The highest BCUT2D eigenvalue weighted by atomic mass is 16.6. The average Bonchev–Trinajstić information content (AvgIpc) is 2.46. The zero-order valence-electron chi connectivity index (χ0n) is 10.5. The van der Waals surface area contributed by atoms with Crippen LogP contribution < -0.4 is 5.32 Å². The van der Waals surface area contributed by atoms with Crippen molar-refractivity contribution in [3.63, 3.8) is 0 Å². The van der Waals surface area contributed by atoms with Gasteiger partial charge in [-0.25, -0.2) is 9.59 Å². The molecule has 0 aliphatic carbocycles. The lowest BCUT2D eigenvalue weighted by molar-refractivity contribution is -0.00609. The number of carbonyl (C=O) groups excluding carboxylic acids is 2. The van der Waals surface area contributed by atoms with Crippen LogP contribution in [0, 0.1) is 0 Å². The standard InChI is InChI=1S/C11H19N3O3/c1-11(2,3)17-10(16)13-6-8(7-13)14-5-4-12-9(14)15/h8H,4-7H2,1-3H3,(H,12,15). The van der Waals surface area contributed by atoms with E-state index >= 15 is 0 Å². The molecule has 6 heteroatoms. The average molecular weight is 241 g/mol. The van der Waals surface area contributed by atoms with Crippen LogP contribution >= 0.6 is 0 Å². The molecular formula is C11H19N3O3. The largest absolute Gasteiger partial charge is 0.444 e. The number of carbonyl (C=O) groups is 2. The van der Waals surface area contributed by atoms with E-state index in [-0.39, 0.29) is 18.2 Å². The highest BCUT2D eigenvalue weighted by Gasteiger charge is 2.40. The molecule has 3 amide bonds. The molecule has 17 heavy (non-hydrogen) atoms. The summed E-state index contributed by atoms with van der Waals surface area (Å²) in [6.45, 7) is 8.10.